The van der Waals surface area contributed by atoms with Gasteiger partial charge in [-0.05, 0) is 18.1 Å². The van der Waals surface area contributed by atoms with E-state index in [9.17, 15) is 9.59 Å². The maximum atomic E-state index is 12.4. The molecular formula is C24H29N3O2. The number of hydrogen-bond donors (Lipinski definition) is 1. The van der Waals surface area contributed by atoms with Gasteiger partial charge in [0.15, 0.2) is 0 Å². The van der Waals surface area contributed by atoms with Crippen LogP contribution in [0.1, 0.15) is 16.7 Å². The van der Waals surface area contributed by atoms with Crippen molar-refractivity contribution in [2.75, 3.05) is 39.3 Å². The van der Waals surface area contributed by atoms with Crippen LogP contribution in [0, 0.1) is 6.92 Å². The molecule has 5 heteroatoms. The van der Waals surface area contributed by atoms with E-state index in [2.05, 4.69) is 34.5 Å². The van der Waals surface area contributed by atoms with E-state index < -0.39 is 0 Å². The highest BCUT2D eigenvalue weighted by Gasteiger charge is 2.20. The van der Waals surface area contributed by atoms with E-state index in [0.717, 1.165) is 25.2 Å². The molecular weight excluding hydrogens is 362 g/mol. The third kappa shape index (κ3) is 6.88. The summed E-state index contributed by atoms with van der Waals surface area (Å²) in [6.07, 6.45) is 4.59. The van der Waals surface area contributed by atoms with Gasteiger partial charge < -0.3 is 10.2 Å². The second-order valence-corrected chi connectivity index (χ2v) is 7.43. The van der Waals surface area contributed by atoms with Gasteiger partial charge in [0, 0.05) is 32.7 Å². The molecule has 0 saturated carbocycles. The standard InChI is InChI=1S/C24H29N3O2/c1-20-9-11-22(12-10-20)18-23(28)25-19-24(29)27-16-14-26(15-17-27)13-5-8-21-6-3-2-4-7-21/h2-12H,13-19H2,1H3,(H,25,28)/b8-5+. The molecule has 29 heavy (non-hydrogen) atoms. The Balaban J connectivity index is 1.34. The molecule has 1 heterocycles. The molecule has 0 aromatic heterocycles. The lowest BCUT2D eigenvalue weighted by atomic mass is 10.1. The summed E-state index contributed by atoms with van der Waals surface area (Å²) < 4.78 is 0. The number of amides is 2. The number of aryl methyl sites for hydroxylation is 1. The van der Waals surface area contributed by atoms with Gasteiger partial charge in [0.25, 0.3) is 0 Å². The molecule has 0 radical (unpaired) electrons. The minimum atomic E-state index is -0.119. The highest BCUT2D eigenvalue weighted by atomic mass is 16.2. The van der Waals surface area contributed by atoms with E-state index >= 15 is 0 Å². The van der Waals surface area contributed by atoms with Crippen molar-refractivity contribution in [3.05, 3.63) is 77.4 Å². The maximum absolute atomic E-state index is 12.4. The van der Waals surface area contributed by atoms with Gasteiger partial charge >= 0.3 is 0 Å². The van der Waals surface area contributed by atoms with Crippen LogP contribution in [0.4, 0.5) is 0 Å². The summed E-state index contributed by atoms with van der Waals surface area (Å²) in [5, 5.41) is 2.75. The van der Waals surface area contributed by atoms with E-state index in [1.54, 1.807) is 0 Å². The number of nitrogens with one attached hydrogen (secondary N) is 1. The zero-order chi connectivity index (χ0) is 20.5. The maximum Gasteiger partial charge on any atom is 0.242 e. The summed E-state index contributed by atoms with van der Waals surface area (Å²) >= 11 is 0. The topological polar surface area (TPSA) is 52.7 Å². The third-order valence-corrected chi connectivity index (χ3v) is 5.12. The summed E-state index contributed by atoms with van der Waals surface area (Å²) in [5.74, 6) is -0.131. The van der Waals surface area contributed by atoms with Gasteiger partial charge in [0.2, 0.25) is 11.8 Å². The molecule has 1 fully saturated rings. The second-order valence-electron chi connectivity index (χ2n) is 7.43. The Kier molecular flexibility index (Phi) is 7.59. The number of hydrogen-bond acceptors (Lipinski definition) is 3. The van der Waals surface area contributed by atoms with Crippen molar-refractivity contribution < 1.29 is 9.59 Å². The Labute approximate surface area is 173 Å². The van der Waals surface area contributed by atoms with Crippen molar-refractivity contribution in [1.82, 2.24) is 15.1 Å². The lowest BCUT2D eigenvalue weighted by molar-refractivity contribution is -0.134. The average molecular weight is 392 g/mol. The minimum Gasteiger partial charge on any atom is -0.347 e. The van der Waals surface area contributed by atoms with Crippen molar-refractivity contribution in [2.45, 2.75) is 13.3 Å². The Hall–Kier alpha value is -2.92. The molecule has 152 valence electrons. The number of benzene rings is 2. The molecule has 2 aromatic carbocycles. The van der Waals surface area contributed by atoms with Crippen molar-refractivity contribution in [2.24, 2.45) is 0 Å². The molecule has 0 aliphatic carbocycles. The molecule has 5 nitrogen and oxygen atoms in total. The van der Waals surface area contributed by atoms with E-state index in [1.807, 2.05) is 54.3 Å². The van der Waals surface area contributed by atoms with E-state index in [-0.39, 0.29) is 18.4 Å². The molecule has 1 saturated heterocycles. The molecule has 3 rings (SSSR count). The molecule has 0 spiro atoms. The lowest BCUT2D eigenvalue weighted by Gasteiger charge is -2.34. The number of nitrogens with zero attached hydrogens (tertiary/aromatic N) is 2. The van der Waals surface area contributed by atoms with Crippen LogP contribution in [-0.2, 0) is 16.0 Å². The van der Waals surface area contributed by atoms with Crippen LogP contribution in [0.3, 0.4) is 0 Å². The molecule has 0 atom stereocenters. The highest BCUT2D eigenvalue weighted by molar-refractivity contribution is 5.85. The summed E-state index contributed by atoms with van der Waals surface area (Å²) in [6.45, 7) is 6.06. The largest absolute Gasteiger partial charge is 0.347 e. The van der Waals surface area contributed by atoms with Crippen LogP contribution in [0.15, 0.2) is 60.7 Å². The van der Waals surface area contributed by atoms with Crippen LogP contribution in [-0.4, -0.2) is 60.9 Å². The fraction of sp³-hybridized carbons (Fsp3) is 0.333. The zero-order valence-corrected chi connectivity index (χ0v) is 17.0. The van der Waals surface area contributed by atoms with Crippen LogP contribution in [0.5, 0.6) is 0 Å². The van der Waals surface area contributed by atoms with Gasteiger partial charge in [-0.1, -0.05) is 72.3 Å². The molecule has 0 unspecified atom stereocenters. The lowest BCUT2D eigenvalue weighted by Crippen LogP contribution is -2.51. The Bertz CT molecular complexity index is 823. The van der Waals surface area contributed by atoms with E-state index in [0.29, 0.717) is 19.5 Å². The highest BCUT2D eigenvalue weighted by Crippen LogP contribution is 2.06. The van der Waals surface area contributed by atoms with Gasteiger partial charge in [0.1, 0.15) is 0 Å². The van der Waals surface area contributed by atoms with E-state index in [1.165, 1.54) is 11.1 Å². The summed E-state index contributed by atoms with van der Waals surface area (Å²) in [5.41, 5.74) is 3.32. The molecule has 2 aromatic rings. The molecule has 1 aliphatic rings. The Morgan fingerprint density at radius 1 is 0.966 bits per heavy atom. The third-order valence-electron chi connectivity index (χ3n) is 5.12. The first-order valence-corrected chi connectivity index (χ1v) is 10.1. The zero-order valence-electron chi connectivity index (χ0n) is 17.0. The van der Waals surface area contributed by atoms with Crippen molar-refractivity contribution in [1.29, 1.82) is 0 Å². The van der Waals surface area contributed by atoms with Crippen LogP contribution < -0.4 is 5.32 Å². The first-order valence-electron chi connectivity index (χ1n) is 10.1. The molecule has 0 bridgehead atoms. The summed E-state index contributed by atoms with van der Waals surface area (Å²) in [6, 6.07) is 18.1. The Morgan fingerprint density at radius 3 is 2.34 bits per heavy atom. The number of rotatable bonds is 7. The van der Waals surface area contributed by atoms with Gasteiger partial charge in [-0.2, -0.15) is 0 Å². The van der Waals surface area contributed by atoms with Crippen molar-refractivity contribution in [3.63, 3.8) is 0 Å². The number of piperazine rings is 1. The van der Waals surface area contributed by atoms with Gasteiger partial charge in [-0.3, -0.25) is 14.5 Å². The fourth-order valence-electron chi connectivity index (χ4n) is 3.32. The first-order chi connectivity index (χ1) is 14.1. The number of carbonyl (C=O) groups is 2. The van der Waals surface area contributed by atoms with Gasteiger partial charge in [-0.25, -0.2) is 0 Å². The van der Waals surface area contributed by atoms with Crippen LogP contribution >= 0.6 is 0 Å². The van der Waals surface area contributed by atoms with Gasteiger partial charge in [0.05, 0.1) is 13.0 Å². The summed E-state index contributed by atoms with van der Waals surface area (Å²) in [4.78, 5) is 28.6. The van der Waals surface area contributed by atoms with E-state index in [4.69, 9.17) is 0 Å². The first kappa shape index (κ1) is 20.8. The average Bonchev–Trinajstić information content (AvgIpc) is 2.75. The monoisotopic (exact) mass is 391 g/mol. The predicted molar refractivity (Wildman–Crippen MR) is 116 cm³/mol. The number of carbonyl (C=O) groups excluding carboxylic acids is 2. The SMILES string of the molecule is Cc1ccc(CC(=O)NCC(=O)N2CCN(C/C=C/c3ccccc3)CC2)cc1. The van der Waals surface area contributed by atoms with Crippen molar-refractivity contribution >= 4 is 17.9 Å². The smallest absolute Gasteiger partial charge is 0.242 e. The second kappa shape index (κ2) is 10.6. The predicted octanol–water partition coefficient (Wildman–Crippen LogP) is 2.51. The van der Waals surface area contributed by atoms with Crippen LogP contribution in [0.2, 0.25) is 0 Å². The molecule has 2 amide bonds. The minimum absolute atomic E-state index is 0.0123. The normalized spacial score (nSPS) is 14.9. The summed E-state index contributed by atoms with van der Waals surface area (Å²) in [7, 11) is 0. The quantitative estimate of drug-likeness (QED) is 0.789. The van der Waals surface area contributed by atoms with Crippen molar-refractivity contribution in [3.8, 4) is 0 Å². The Morgan fingerprint density at radius 2 is 1.66 bits per heavy atom. The van der Waals surface area contributed by atoms with Gasteiger partial charge in [-0.15, -0.1) is 0 Å². The molecule has 1 aliphatic heterocycles. The molecule has 1 N–H and O–H groups in total. The fourth-order valence-corrected chi connectivity index (χ4v) is 3.32. The van der Waals surface area contributed by atoms with Crippen LogP contribution in [0.25, 0.3) is 6.08 Å².